The number of halogens is 5. The summed E-state index contributed by atoms with van der Waals surface area (Å²) < 4.78 is 67.3. The van der Waals surface area contributed by atoms with E-state index in [0.717, 1.165) is 12.1 Å². The van der Waals surface area contributed by atoms with Crippen molar-refractivity contribution in [2.75, 3.05) is 22.1 Å². The second-order valence-electron chi connectivity index (χ2n) is 9.30. The second-order valence-corrected chi connectivity index (χ2v) is 9.30. The Balaban J connectivity index is 1.65. The average Bonchev–Trinajstić information content (AvgIpc) is 3.38. The molecule has 12 heteroatoms. The molecule has 0 fully saturated rings. The first-order valence-electron chi connectivity index (χ1n) is 10.9. The number of fused-ring (bicyclic) bond motifs is 1. The van der Waals surface area contributed by atoms with E-state index in [1.54, 1.807) is 12.1 Å². The Morgan fingerprint density at radius 1 is 0.972 bits per heavy atom. The molecule has 0 saturated carbocycles. The van der Waals surface area contributed by atoms with Crippen LogP contribution in [0, 0.1) is 11.6 Å². The molecular formula is C24H22F5N5O2. The number of alkyl halides is 3. The monoisotopic (exact) mass is 507 g/mol. The van der Waals surface area contributed by atoms with Gasteiger partial charge in [-0.25, -0.2) is 18.3 Å². The van der Waals surface area contributed by atoms with E-state index in [9.17, 15) is 31.5 Å². The number of carbonyl (C=O) groups is 2. The smallest absolute Gasteiger partial charge is 0.305 e. The van der Waals surface area contributed by atoms with Gasteiger partial charge in [0.1, 0.15) is 17.5 Å². The fraction of sp³-hybridized carbons (Fsp3) is 0.292. The molecule has 1 aliphatic heterocycles. The molecule has 0 bridgehead atoms. The zero-order valence-electron chi connectivity index (χ0n) is 19.5. The molecule has 0 saturated heterocycles. The number of benzene rings is 2. The van der Waals surface area contributed by atoms with Crippen LogP contribution in [0.2, 0.25) is 0 Å². The molecule has 36 heavy (non-hydrogen) atoms. The Hall–Kier alpha value is -3.96. The van der Waals surface area contributed by atoms with E-state index < -0.39 is 35.2 Å². The van der Waals surface area contributed by atoms with Gasteiger partial charge >= 0.3 is 18.1 Å². The van der Waals surface area contributed by atoms with Crippen molar-refractivity contribution in [1.82, 2.24) is 9.78 Å². The van der Waals surface area contributed by atoms with Crippen LogP contribution >= 0.6 is 0 Å². The number of hydrogen-bond acceptors (Lipinski definition) is 3. The number of nitrogens with one attached hydrogen (secondary N) is 2. The molecule has 2 heterocycles. The van der Waals surface area contributed by atoms with Crippen molar-refractivity contribution in [3.8, 4) is 5.69 Å². The molecule has 2 N–H and O–H groups in total. The van der Waals surface area contributed by atoms with Crippen LogP contribution in [0.4, 0.5) is 43.9 Å². The predicted octanol–water partition coefficient (Wildman–Crippen LogP) is 5.54. The van der Waals surface area contributed by atoms with E-state index in [0.29, 0.717) is 27.9 Å². The summed E-state index contributed by atoms with van der Waals surface area (Å²) in [6.45, 7) is 5.60. The maximum atomic E-state index is 13.9. The minimum Gasteiger partial charge on any atom is -0.305 e. The third kappa shape index (κ3) is 5.02. The van der Waals surface area contributed by atoms with Gasteiger partial charge in [0.15, 0.2) is 0 Å². The SMILES string of the molecule is CC(C)(C)c1cc(NC(=O)Nc2ccc(F)cc2F)n(-c2ccc3c(c2)CCN3C(=O)C(F)(F)F)n1. The normalized spacial score (nSPS) is 13.5. The van der Waals surface area contributed by atoms with Crippen molar-refractivity contribution in [3.05, 3.63) is 65.4 Å². The van der Waals surface area contributed by atoms with Crippen LogP contribution in [0.25, 0.3) is 5.69 Å². The van der Waals surface area contributed by atoms with E-state index in [1.165, 1.54) is 16.8 Å². The third-order valence-corrected chi connectivity index (χ3v) is 5.59. The molecule has 0 unspecified atom stereocenters. The van der Waals surface area contributed by atoms with Gasteiger partial charge in [-0.3, -0.25) is 10.1 Å². The van der Waals surface area contributed by atoms with Crippen LogP contribution in [0.3, 0.4) is 0 Å². The van der Waals surface area contributed by atoms with Gasteiger partial charge in [0.05, 0.1) is 17.1 Å². The van der Waals surface area contributed by atoms with Crippen molar-refractivity contribution in [2.24, 2.45) is 0 Å². The first kappa shape index (κ1) is 25.1. The van der Waals surface area contributed by atoms with Crippen LogP contribution in [-0.2, 0) is 16.6 Å². The van der Waals surface area contributed by atoms with Crippen LogP contribution in [0.1, 0.15) is 32.0 Å². The van der Waals surface area contributed by atoms with Gasteiger partial charge in [-0.05, 0) is 42.3 Å². The van der Waals surface area contributed by atoms with Crippen molar-refractivity contribution in [1.29, 1.82) is 0 Å². The summed E-state index contributed by atoms with van der Waals surface area (Å²) in [6, 6.07) is 8.00. The highest BCUT2D eigenvalue weighted by atomic mass is 19.4. The van der Waals surface area contributed by atoms with Gasteiger partial charge in [0.25, 0.3) is 0 Å². The Kier molecular flexibility index (Phi) is 6.23. The number of hydrogen-bond donors (Lipinski definition) is 2. The number of carbonyl (C=O) groups excluding carboxylic acids is 2. The Morgan fingerprint density at radius 2 is 1.69 bits per heavy atom. The highest BCUT2D eigenvalue weighted by Crippen LogP contribution is 2.34. The van der Waals surface area contributed by atoms with Crippen molar-refractivity contribution in [2.45, 2.75) is 38.8 Å². The van der Waals surface area contributed by atoms with Crippen molar-refractivity contribution in [3.63, 3.8) is 0 Å². The van der Waals surface area contributed by atoms with Gasteiger partial charge in [-0.1, -0.05) is 20.8 Å². The number of amides is 3. The van der Waals surface area contributed by atoms with Crippen LogP contribution in [0.15, 0.2) is 42.5 Å². The van der Waals surface area contributed by atoms with Gasteiger partial charge in [-0.2, -0.15) is 18.3 Å². The van der Waals surface area contributed by atoms with Crippen LogP contribution in [0.5, 0.6) is 0 Å². The number of urea groups is 1. The number of anilines is 3. The molecule has 3 aromatic rings. The highest BCUT2D eigenvalue weighted by molar-refractivity contribution is 6.00. The molecular weight excluding hydrogens is 485 g/mol. The fourth-order valence-electron chi connectivity index (χ4n) is 3.78. The fourth-order valence-corrected chi connectivity index (χ4v) is 3.78. The molecule has 4 rings (SSSR count). The summed E-state index contributed by atoms with van der Waals surface area (Å²) in [4.78, 5) is 25.0. The lowest BCUT2D eigenvalue weighted by molar-refractivity contribution is -0.170. The van der Waals surface area contributed by atoms with Crippen molar-refractivity contribution < 1.29 is 31.5 Å². The first-order valence-corrected chi connectivity index (χ1v) is 10.9. The maximum Gasteiger partial charge on any atom is 0.471 e. The summed E-state index contributed by atoms with van der Waals surface area (Å²) in [5, 5.41) is 9.44. The van der Waals surface area contributed by atoms with E-state index in [2.05, 4.69) is 15.7 Å². The molecule has 1 aliphatic rings. The van der Waals surface area contributed by atoms with E-state index >= 15 is 0 Å². The van der Waals surface area contributed by atoms with Crippen molar-refractivity contribution >= 4 is 29.1 Å². The van der Waals surface area contributed by atoms with E-state index in [-0.39, 0.29) is 30.2 Å². The zero-order chi connectivity index (χ0) is 26.4. The minimum absolute atomic E-state index is 0.111. The average molecular weight is 507 g/mol. The molecule has 1 aromatic heterocycles. The summed E-state index contributed by atoms with van der Waals surface area (Å²) in [5.74, 6) is -3.47. The summed E-state index contributed by atoms with van der Waals surface area (Å²) in [5.41, 5.74) is 1.05. The Morgan fingerprint density at radius 3 is 2.33 bits per heavy atom. The number of aromatic nitrogens is 2. The number of rotatable bonds is 3. The molecule has 0 atom stereocenters. The Labute approximate surface area is 202 Å². The molecule has 190 valence electrons. The van der Waals surface area contributed by atoms with Gasteiger partial charge in [-0.15, -0.1) is 0 Å². The first-order chi connectivity index (χ1) is 16.7. The van der Waals surface area contributed by atoms with Gasteiger partial charge < -0.3 is 10.2 Å². The molecule has 2 aromatic carbocycles. The van der Waals surface area contributed by atoms with Gasteiger partial charge in [0, 0.05) is 29.8 Å². The predicted molar refractivity (Wildman–Crippen MR) is 123 cm³/mol. The topological polar surface area (TPSA) is 79.3 Å². The molecule has 0 spiro atoms. The maximum absolute atomic E-state index is 13.9. The highest BCUT2D eigenvalue weighted by Gasteiger charge is 2.44. The quantitative estimate of drug-likeness (QED) is 0.457. The largest absolute Gasteiger partial charge is 0.471 e. The number of nitrogens with zero attached hydrogens (tertiary/aromatic N) is 3. The lowest BCUT2D eigenvalue weighted by atomic mass is 9.92. The second kappa shape index (κ2) is 8.92. The van der Waals surface area contributed by atoms with Gasteiger partial charge in [0.2, 0.25) is 0 Å². The summed E-state index contributed by atoms with van der Waals surface area (Å²) in [7, 11) is 0. The molecule has 3 amide bonds. The summed E-state index contributed by atoms with van der Waals surface area (Å²) >= 11 is 0. The molecule has 0 aliphatic carbocycles. The lowest BCUT2D eigenvalue weighted by Crippen LogP contribution is -2.40. The molecule has 0 radical (unpaired) electrons. The van der Waals surface area contributed by atoms with Crippen LogP contribution < -0.4 is 15.5 Å². The third-order valence-electron chi connectivity index (χ3n) is 5.59. The van der Waals surface area contributed by atoms with Crippen LogP contribution in [-0.4, -0.2) is 34.4 Å². The lowest BCUT2D eigenvalue weighted by Gasteiger charge is -2.19. The van der Waals surface area contributed by atoms with E-state index in [1.807, 2.05) is 20.8 Å². The minimum atomic E-state index is -4.99. The zero-order valence-corrected chi connectivity index (χ0v) is 19.5. The van der Waals surface area contributed by atoms with E-state index in [4.69, 9.17) is 0 Å². The summed E-state index contributed by atoms with van der Waals surface area (Å²) in [6.07, 6.45) is -4.77. The Bertz CT molecular complexity index is 1340. The molecule has 7 nitrogen and oxygen atoms in total. The standard InChI is InChI=1S/C24H22F5N5O2/c1-23(2,3)19-12-20(31-22(36)30-17-6-4-14(25)11-16(17)26)34(32-19)15-5-7-18-13(10-15)8-9-33(18)21(35)24(27,28)29/h4-7,10-12H,8-9H2,1-3H3,(H2,30,31,36).